The zero-order valence-corrected chi connectivity index (χ0v) is 14.0. The lowest BCUT2D eigenvalue weighted by Crippen LogP contribution is -2.09. The predicted molar refractivity (Wildman–Crippen MR) is 87.8 cm³/mol. The Hall–Kier alpha value is -2.00. The molecule has 22 heavy (non-hydrogen) atoms. The highest BCUT2D eigenvalue weighted by molar-refractivity contribution is 6.31. The second kappa shape index (κ2) is 6.84. The molecule has 0 spiro atoms. The lowest BCUT2D eigenvalue weighted by atomic mass is 10.1. The summed E-state index contributed by atoms with van der Waals surface area (Å²) >= 11 is 6.21. The third-order valence-corrected chi connectivity index (χ3v) is 4.04. The minimum Gasteiger partial charge on any atom is -0.489 e. The molecule has 0 saturated carbocycles. The van der Waals surface area contributed by atoms with Gasteiger partial charge in [0.25, 0.3) is 0 Å². The van der Waals surface area contributed by atoms with Gasteiger partial charge >= 0.3 is 5.97 Å². The Kier molecular flexibility index (Phi) is 5.09. The van der Waals surface area contributed by atoms with Crippen LogP contribution in [0.4, 0.5) is 0 Å². The van der Waals surface area contributed by atoms with Crippen LogP contribution in [0.25, 0.3) is 0 Å². The van der Waals surface area contributed by atoms with E-state index in [4.69, 9.17) is 21.1 Å². The molecular weight excluding hydrogens is 300 g/mol. The van der Waals surface area contributed by atoms with Crippen LogP contribution in [0.2, 0.25) is 5.02 Å². The largest absolute Gasteiger partial charge is 0.489 e. The van der Waals surface area contributed by atoms with Crippen LogP contribution in [0, 0.1) is 20.8 Å². The van der Waals surface area contributed by atoms with Crippen molar-refractivity contribution in [1.29, 1.82) is 0 Å². The van der Waals surface area contributed by atoms with Crippen molar-refractivity contribution >= 4 is 17.6 Å². The Labute approximate surface area is 135 Å². The topological polar surface area (TPSA) is 35.5 Å². The average Bonchev–Trinajstić information content (AvgIpc) is 2.49. The number of carbonyl (C=O) groups excluding carboxylic acids is 1. The summed E-state index contributed by atoms with van der Waals surface area (Å²) in [5.74, 6) is 0.372. The van der Waals surface area contributed by atoms with Crippen molar-refractivity contribution in [2.45, 2.75) is 27.4 Å². The second-order valence-corrected chi connectivity index (χ2v) is 5.66. The fourth-order valence-electron chi connectivity index (χ4n) is 2.25. The monoisotopic (exact) mass is 318 g/mol. The van der Waals surface area contributed by atoms with Gasteiger partial charge < -0.3 is 9.47 Å². The van der Waals surface area contributed by atoms with Crippen LogP contribution in [0.5, 0.6) is 5.75 Å². The van der Waals surface area contributed by atoms with Gasteiger partial charge in [-0.3, -0.25) is 0 Å². The first-order chi connectivity index (χ1) is 10.4. The van der Waals surface area contributed by atoms with E-state index in [-0.39, 0.29) is 6.61 Å². The molecule has 3 nitrogen and oxygen atoms in total. The maximum absolute atomic E-state index is 11.8. The molecule has 0 fully saturated rings. The van der Waals surface area contributed by atoms with Gasteiger partial charge in [-0.25, -0.2) is 4.79 Å². The number of aryl methyl sites for hydroxylation is 3. The number of esters is 1. The number of carbonyl (C=O) groups is 1. The number of ether oxygens (including phenoxy) is 2. The van der Waals surface area contributed by atoms with E-state index < -0.39 is 5.97 Å². The smallest absolute Gasteiger partial charge is 0.338 e. The summed E-state index contributed by atoms with van der Waals surface area (Å²) in [6, 6.07) is 9.22. The third-order valence-electron chi connectivity index (χ3n) is 3.69. The van der Waals surface area contributed by atoms with E-state index in [1.807, 2.05) is 19.9 Å². The van der Waals surface area contributed by atoms with Crippen LogP contribution in [0.15, 0.2) is 30.3 Å². The Morgan fingerprint density at radius 1 is 1.09 bits per heavy atom. The first kappa shape index (κ1) is 16.4. The number of hydrogen-bond donors (Lipinski definition) is 0. The highest BCUT2D eigenvalue weighted by atomic mass is 35.5. The summed E-state index contributed by atoms with van der Waals surface area (Å²) in [4.78, 5) is 11.8. The van der Waals surface area contributed by atoms with Crippen LogP contribution < -0.4 is 4.74 Å². The lowest BCUT2D eigenvalue weighted by Gasteiger charge is -2.14. The molecule has 0 bridgehead atoms. The first-order valence-electron chi connectivity index (χ1n) is 7.00. The molecule has 2 aromatic carbocycles. The summed E-state index contributed by atoms with van der Waals surface area (Å²) in [7, 11) is 1.35. The van der Waals surface area contributed by atoms with Crippen molar-refractivity contribution < 1.29 is 14.3 Å². The molecule has 2 aromatic rings. The number of halogens is 1. The fourth-order valence-corrected chi connectivity index (χ4v) is 2.48. The first-order valence-corrected chi connectivity index (χ1v) is 7.38. The molecule has 116 valence electrons. The molecule has 0 aliphatic heterocycles. The maximum atomic E-state index is 11.8. The van der Waals surface area contributed by atoms with Crippen LogP contribution in [-0.2, 0) is 11.3 Å². The standard InChI is InChI=1S/C18H19ClO3/c1-11-8-13(3)17(9-12(11)2)22-10-15-14(18(20)21-4)6-5-7-16(15)19/h5-9H,10H2,1-4H3. The number of benzene rings is 2. The van der Waals surface area contributed by atoms with Gasteiger partial charge in [-0.1, -0.05) is 23.7 Å². The summed E-state index contributed by atoms with van der Waals surface area (Å²) in [5.41, 5.74) is 4.49. The van der Waals surface area contributed by atoms with Crippen molar-refractivity contribution in [2.24, 2.45) is 0 Å². The van der Waals surface area contributed by atoms with E-state index in [2.05, 4.69) is 13.0 Å². The number of methoxy groups -OCH3 is 1. The van der Waals surface area contributed by atoms with E-state index in [0.29, 0.717) is 16.1 Å². The second-order valence-electron chi connectivity index (χ2n) is 5.25. The molecule has 0 saturated heterocycles. The van der Waals surface area contributed by atoms with Crippen LogP contribution in [0.1, 0.15) is 32.6 Å². The summed E-state index contributed by atoms with van der Waals surface area (Å²) in [5, 5.41) is 0.490. The Balaban J connectivity index is 2.29. The van der Waals surface area contributed by atoms with Gasteiger partial charge in [-0.2, -0.15) is 0 Å². The summed E-state index contributed by atoms with van der Waals surface area (Å²) in [6.45, 7) is 6.32. The molecule has 0 N–H and O–H groups in total. The van der Waals surface area contributed by atoms with E-state index >= 15 is 0 Å². The molecule has 4 heteroatoms. The van der Waals surface area contributed by atoms with E-state index in [1.54, 1.807) is 18.2 Å². The predicted octanol–water partition coefficient (Wildman–Crippen LogP) is 4.63. The number of hydrogen-bond acceptors (Lipinski definition) is 3. The molecular formula is C18H19ClO3. The zero-order valence-electron chi connectivity index (χ0n) is 13.2. The van der Waals surface area contributed by atoms with Gasteiger partial charge in [0.15, 0.2) is 0 Å². The van der Waals surface area contributed by atoms with E-state index in [1.165, 1.54) is 12.7 Å². The Bertz CT molecular complexity index is 708. The van der Waals surface area contributed by atoms with Gasteiger partial charge in [-0.05, 0) is 55.7 Å². The summed E-state index contributed by atoms with van der Waals surface area (Å²) in [6.07, 6.45) is 0. The molecule has 0 amide bonds. The van der Waals surface area contributed by atoms with Gasteiger partial charge in [0.1, 0.15) is 12.4 Å². The van der Waals surface area contributed by atoms with Crippen LogP contribution in [0.3, 0.4) is 0 Å². The lowest BCUT2D eigenvalue weighted by molar-refractivity contribution is 0.0597. The van der Waals surface area contributed by atoms with Crippen molar-refractivity contribution in [3.8, 4) is 5.75 Å². The van der Waals surface area contributed by atoms with Crippen molar-refractivity contribution in [3.63, 3.8) is 0 Å². The quantitative estimate of drug-likeness (QED) is 0.771. The van der Waals surface area contributed by atoms with E-state index in [0.717, 1.165) is 16.9 Å². The van der Waals surface area contributed by atoms with Crippen molar-refractivity contribution in [3.05, 3.63) is 63.2 Å². The van der Waals surface area contributed by atoms with Gasteiger partial charge in [0.2, 0.25) is 0 Å². The molecule has 0 unspecified atom stereocenters. The molecule has 0 aliphatic rings. The molecule has 2 rings (SSSR count). The zero-order chi connectivity index (χ0) is 16.3. The van der Waals surface area contributed by atoms with Gasteiger partial charge in [0.05, 0.1) is 12.7 Å². The molecule has 0 aliphatic carbocycles. The highest BCUT2D eigenvalue weighted by Gasteiger charge is 2.15. The van der Waals surface area contributed by atoms with Crippen molar-refractivity contribution in [2.75, 3.05) is 7.11 Å². The van der Waals surface area contributed by atoms with Crippen LogP contribution >= 0.6 is 11.6 Å². The van der Waals surface area contributed by atoms with E-state index in [9.17, 15) is 4.79 Å². The van der Waals surface area contributed by atoms with Gasteiger partial charge in [0, 0.05) is 10.6 Å². The normalized spacial score (nSPS) is 10.4. The Morgan fingerprint density at radius 3 is 2.45 bits per heavy atom. The SMILES string of the molecule is COC(=O)c1cccc(Cl)c1COc1cc(C)c(C)cc1C. The maximum Gasteiger partial charge on any atom is 0.338 e. The molecule has 0 atom stereocenters. The Morgan fingerprint density at radius 2 is 1.77 bits per heavy atom. The number of rotatable bonds is 4. The highest BCUT2D eigenvalue weighted by Crippen LogP contribution is 2.26. The van der Waals surface area contributed by atoms with Gasteiger partial charge in [-0.15, -0.1) is 0 Å². The van der Waals surface area contributed by atoms with Crippen LogP contribution in [-0.4, -0.2) is 13.1 Å². The minimum absolute atomic E-state index is 0.216. The average molecular weight is 319 g/mol. The minimum atomic E-state index is -0.419. The molecule has 0 aromatic heterocycles. The summed E-state index contributed by atoms with van der Waals surface area (Å²) < 4.78 is 10.7. The third kappa shape index (κ3) is 3.42. The molecule has 0 radical (unpaired) electrons. The fraction of sp³-hybridized carbons (Fsp3) is 0.278. The van der Waals surface area contributed by atoms with Crippen molar-refractivity contribution in [1.82, 2.24) is 0 Å². The molecule has 0 heterocycles.